The number of carbonyl (C=O) groups excluding carboxylic acids is 1. The predicted octanol–water partition coefficient (Wildman–Crippen LogP) is 6.45. The minimum atomic E-state index is -1.33. The van der Waals surface area contributed by atoms with E-state index in [1.807, 2.05) is 39.0 Å². The second-order valence-electron chi connectivity index (χ2n) is 10.7. The lowest BCUT2D eigenvalue weighted by molar-refractivity contribution is -0.152. The van der Waals surface area contributed by atoms with Gasteiger partial charge in [-0.05, 0) is 82.6 Å². The first kappa shape index (κ1) is 30.8. The Hall–Kier alpha value is -3.15. The molecule has 0 aliphatic carbocycles. The van der Waals surface area contributed by atoms with Gasteiger partial charge in [0.25, 0.3) is 0 Å². The third kappa shape index (κ3) is 8.21. The molecule has 1 saturated heterocycles. The summed E-state index contributed by atoms with van der Waals surface area (Å²) in [5.41, 5.74) is 1.37. The number of hydrogen-bond donors (Lipinski definition) is 1. The average Bonchev–Trinajstić information content (AvgIpc) is 3.31. The predicted molar refractivity (Wildman–Crippen MR) is 159 cm³/mol. The van der Waals surface area contributed by atoms with E-state index < -0.39 is 11.6 Å². The number of benzene rings is 2. The standard InChI is InChI=1S/C30H36FN3O5S2/c1-19(2)38-29(37)34-14-12-33(13-15-34)17-24-26(41-27(32-24)21-6-8-22(31)9-7-21)18-40-23-10-11-25(20(3)16-23)39-30(4,5)28(35)36/h6-11,16,19H,12-15,17-18H2,1-5H3,(H,35,36). The fourth-order valence-electron chi connectivity index (χ4n) is 4.21. The number of aryl methyl sites for hydroxylation is 1. The first-order valence-electron chi connectivity index (χ1n) is 13.5. The highest BCUT2D eigenvalue weighted by atomic mass is 32.2. The second-order valence-corrected chi connectivity index (χ2v) is 12.9. The number of thiazole rings is 1. The summed E-state index contributed by atoms with van der Waals surface area (Å²) >= 11 is 3.27. The lowest BCUT2D eigenvalue weighted by Crippen LogP contribution is -2.48. The van der Waals surface area contributed by atoms with Crippen molar-refractivity contribution in [2.45, 2.75) is 63.5 Å². The van der Waals surface area contributed by atoms with Gasteiger partial charge in [0.15, 0.2) is 5.60 Å². The van der Waals surface area contributed by atoms with Crippen molar-refractivity contribution < 1.29 is 28.6 Å². The van der Waals surface area contributed by atoms with Crippen LogP contribution in [0.2, 0.25) is 0 Å². The van der Waals surface area contributed by atoms with E-state index in [0.717, 1.165) is 44.7 Å². The van der Waals surface area contributed by atoms with Crippen LogP contribution in [0, 0.1) is 12.7 Å². The molecular weight excluding hydrogens is 565 g/mol. The van der Waals surface area contributed by atoms with Crippen molar-refractivity contribution >= 4 is 35.2 Å². The smallest absolute Gasteiger partial charge is 0.410 e. The van der Waals surface area contributed by atoms with E-state index in [1.165, 1.54) is 26.0 Å². The fourth-order valence-corrected chi connectivity index (χ4v) is 6.38. The van der Waals surface area contributed by atoms with Gasteiger partial charge < -0.3 is 19.5 Å². The number of thioether (sulfide) groups is 1. The van der Waals surface area contributed by atoms with E-state index in [0.29, 0.717) is 31.1 Å². The van der Waals surface area contributed by atoms with Gasteiger partial charge >= 0.3 is 12.1 Å². The molecule has 0 saturated carbocycles. The number of carbonyl (C=O) groups is 2. The molecule has 0 unspecified atom stereocenters. The van der Waals surface area contributed by atoms with Gasteiger partial charge in [-0.3, -0.25) is 4.90 Å². The molecule has 1 aromatic heterocycles. The van der Waals surface area contributed by atoms with Crippen molar-refractivity contribution in [2.24, 2.45) is 0 Å². The van der Waals surface area contributed by atoms with Crippen LogP contribution in [0.15, 0.2) is 47.4 Å². The number of amides is 1. The zero-order valence-corrected chi connectivity index (χ0v) is 25.6. The molecule has 220 valence electrons. The summed E-state index contributed by atoms with van der Waals surface area (Å²) in [6.45, 7) is 11.9. The number of carboxylic acid groups (broad SMARTS) is 1. The molecule has 4 rings (SSSR count). The van der Waals surface area contributed by atoms with Crippen molar-refractivity contribution in [2.75, 3.05) is 26.2 Å². The normalized spacial score (nSPS) is 14.4. The summed E-state index contributed by atoms with van der Waals surface area (Å²) in [4.78, 5) is 34.9. The Bertz CT molecular complexity index is 1370. The number of rotatable bonds is 10. The van der Waals surface area contributed by atoms with E-state index in [9.17, 15) is 19.1 Å². The number of aromatic nitrogens is 1. The maximum atomic E-state index is 13.6. The first-order chi connectivity index (χ1) is 19.4. The van der Waals surface area contributed by atoms with Crippen LogP contribution in [-0.2, 0) is 21.8 Å². The third-order valence-electron chi connectivity index (χ3n) is 6.61. The molecule has 1 fully saturated rings. The minimum Gasteiger partial charge on any atom is -0.478 e. The van der Waals surface area contributed by atoms with E-state index in [2.05, 4.69) is 4.90 Å². The molecule has 2 heterocycles. The fraction of sp³-hybridized carbons (Fsp3) is 0.433. The Morgan fingerprint density at radius 3 is 2.41 bits per heavy atom. The molecule has 1 aliphatic heterocycles. The number of nitrogens with zero attached hydrogens (tertiary/aromatic N) is 3. The summed E-state index contributed by atoms with van der Waals surface area (Å²) < 4.78 is 24.6. The van der Waals surface area contributed by atoms with Gasteiger partial charge in [-0.2, -0.15) is 0 Å². The Labute approximate surface area is 248 Å². The monoisotopic (exact) mass is 601 g/mol. The Morgan fingerprint density at radius 2 is 1.80 bits per heavy atom. The zero-order chi connectivity index (χ0) is 29.7. The number of piperazine rings is 1. The van der Waals surface area contributed by atoms with Gasteiger partial charge in [0.2, 0.25) is 0 Å². The molecule has 1 amide bonds. The van der Waals surface area contributed by atoms with Crippen molar-refractivity contribution in [1.82, 2.24) is 14.8 Å². The Balaban J connectivity index is 1.47. The van der Waals surface area contributed by atoms with Crippen LogP contribution in [0.1, 0.15) is 43.8 Å². The number of halogens is 1. The zero-order valence-electron chi connectivity index (χ0n) is 24.0. The average molecular weight is 602 g/mol. The molecule has 2 aromatic carbocycles. The highest BCUT2D eigenvalue weighted by Crippen LogP contribution is 2.35. The number of aliphatic carboxylic acids is 1. The highest BCUT2D eigenvalue weighted by molar-refractivity contribution is 7.98. The van der Waals surface area contributed by atoms with E-state index in [4.69, 9.17) is 14.5 Å². The van der Waals surface area contributed by atoms with Gasteiger partial charge in [-0.1, -0.05) is 0 Å². The Kier molecular flexibility index (Phi) is 9.93. The summed E-state index contributed by atoms with van der Waals surface area (Å²) in [5.74, 6) is -0.0864. The SMILES string of the molecule is Cc1cc(SCc2sc(-c3ccc(F)cc3)nc2CN2CCN(C(=O)OC(C)C)CC2)ccc1OC(C)(C)C(=O)O. The van der Waals surface area contributed by atoms with E-state index in [-0.39, 0.29) is 18.0 Å². The van der Waals surface area contributed by atoms with Crippen molar-refractivity contribution in [1.29, 1.82) is 0 Å². The van der Waals surface area contributed by atoms with Crippen LogP contribution >= 0.6 is 23.1 Å². The molecule has 0 bridgehead atoms. The lowest BCUT2D eigenvalue weighted by atomic mass is 10.1. The lowest BCUT2D eigenvalue weighted by Gasteiger charge is -2.34. The Morgan fingerprint density at radius 1 is 1.12 bits per heavy atom. The van der Waals surface area contributed by atoms with Crippen LogP contribution in [0.3, 0.4) is 0 Å². The van der Waals surface area contributed by atoms with Gasteiger partial charge in [0, 0.05) is 53.8 Å². The summed E-state index contributed by atoms with van der Waals surface area (Å²) in [7, 11) is 0. The summed E-state index contributed by atoms with van der Waals surface area (Å²) in [5, 5.41) is 10.2. The summed E-state index contributed by atoms with van der Waals surface area (Å²) in [6.07, 6.45) is -0.424. The van der Waals surface area contributed by atoms with E-state index in [1.54, 1.807) is 40.1 Å². The molecule has 41 heavy (non-hydrogen) atoms. The first-order valence-corrected chi connectivity index (χ1v) is 15.3. The number of hydrogen-bond acceptors (Lipinski definition) is 8. The van der Waals surface area contributed by atoms with Gasteiger partial charge in [-0.15, -0.1) is 23.1 Å². The van der Waals surface area contributed by atoms with Gasteiger partial charge in [0.05, 0.1) is 11.8 Å². The van der Waals surface area contributed by atoms with Crippen molar-refractivity contribution in [3.05, 3.63) is 64.4 Å². The molecule has 3 aromatic rings. The van der Waals surface area contributed by atoms with E-state index >= 15 is 0 Å². The quantitative estimate of drug-likeness (QED) is 0.265. The minimum absolute atomic E-state index is 0.149. The van der Waals surface area contributed by atoms with Crippen LogP contribution < -0.4 is 4.74 Å². The van der Waals surface area contributed by atoms with Crippen LogP contribution in [0.4, 0.5) is 9.18 Å². The van der Waals surface area contributed by atoms with Crippen LogP contribution in [0.25, 0.3) is 10.6 Å². The largest absolute Gasteiger partial charge is 0.478 e. The number of ether oxygens (including phenoxy) is 2. The van der Waals surface area contributed by atoms with Crippen LogP contribution in [0.5, 0.6) is 5.75 Å². The maximum absolute atomic E-state index is 13.6. The molecule has 1 N–H and O–H groups in total. The maximum Gasteiger partial charge on any atom is 0.410 e. The van der Waals surface area contributed by atoms with Crippen LogP contribution in [-0.4, -0.2) is 69.8 Å². The highest BCUT2D eigenvalue weighted by Gasteiger charge is 2.30. The van der Waals surface area contributed by atoms with Crippen molar-refractivity contribution in [3.8, 4) is 16.3 Å². The number of carboxylic acids is 1. The molecule has 0 radical (unpaired) electrons. The molecule has 1 aliphatic rings. The van der Waals surface area contributed by atoms with Gasteiger partial charge in [0.1, 0.15) is 16.6 Å². The second kappa shape index (κ2) is 13.2. The molecule has 11 heteroatoms. The van der Waals surface area contributed by atoms with Gasteiger partial charge in [-0.25, -0.2) is 19.0 Å². The topological polar surface area (TPSA) is 92.2 Å². The molecule has 0 spiro atoms. The molecule has 8 nitrogen and oxygen atoms in total. The molecule has 0 atom stereocenters. The third-order valence-corrected chi connectivity index (χ3v) is 8.96. The molecular formula is C30H36FN3O5S2. The van der Waals surface area contributed by atoms with Crippen molar-refractivity contribution in [3.63, 3.8) is 0 Å². The summed E-state index contributed by atoms with van der Waals surface area (Å²) in [6, 6.07) is 12.1.